The number of carbonyl (C=O) groups excluding carboxylic acids is 1. The number of hydrogen-bond acceptors (Lipinski definition) is 2. The maximum Gasteiger partial charge on any atom is 0.383 e. The Labute approximate surface area is 133 Å². The van der Waals surface area contributed by atoms with Crippen LogP contribution in [0.25, 0.3) is 11.3 Å². The van der Waals surface area contributed by atoms with Crippen LogP contribution in [0, 0.1) is 5.82 Å². The molecule has 0 aliphatic heterocycles. The van der Waals surface area contributed by atoms with Gasteiger partial charge in [-0.25, -0.2) is 13.2 Å². The van der Waals surface area contributed by atoms with Crippen molar-refractivity contribution in [2.24, 2.45) is 0 Å². The summed E-state index contributed by atoms with van der Waals surface area (Å²) < 4.78 is 64.5. The Morgan fingerprint density at radius 1 is 1.33 bits per heavy atom. The third kappa shape index (κ3) is 2.98. The quantitative estimate of drug-likeness (QED) is 0.807. The topological polar surface area (TPSA) is 57.8 Å². The largest absolute Gasteiger partial charge is 0.383 e. The zero-order valence-electron chi connectivity index (χ0n) is 12.1. The van der Waals surface area contributed by atoms with Crippen LogP contribution in [-0.2, 0) is 4.79 Å². The maximum atomic E-state index is 13.4. The third-order valence-electron chi connectivity index (χ3n) is 3.69. The lowest BCUT2D eigenvalue weighted by Crippen LogP contribution is -2.41. The van der Waals surface area contributed by atoms with E-state index in [-0.39, 0.29) is 22.9 Å². The molecule has 0 bridgehead atoms. The number of amides is 1. The number of benzene rings is 1. The lowest BCUT2D eigenvalue weighted by molar-refractivity contribution is -0.163. The Hall–Kier alpha value is -2.45. The van der Waals surface area contributed by atoms with E-state index >= 15 is 0 Å². The molecule has 0 atom stereocenters. The molecule has 128 valence electrons. The Morgan fingerprint density at radius 3 is 2.62 bits per heavy atom. The van der Waals surface area contributed by atoms with Gasteiger partial charge in [0.2, 0.25) is 0 Å². The molecule has 9 heteroatoms. The van der Waals surface area contributed by atoms with Crippen molar-refractivity contribution in [1.82, 2.24) is 10.2 Å². The van der Waals surface area contributed by atoms with Crippen LogP contribution in [0.2, 0.25) is 0 Å². The minimum atomic E-state index is -4.84. The number of halogens is 5. The van der Waals surface area contributed by atoms with Crippen LogP contribution in [0.3, 0.4) is 0 Å². The van der Waals surface area contributed by atoms with Gasteiger partial charge in [0.15, 0.2) is 0 Å². The second-order valence-corrected chi connectivity index (χ2v) is 5.52. The first-order valence-corrected chi connectivity index (χ1v) is 7.12. The summed E-state index contributed by atoms with van der Waals surface area (Å²) in [6.45, 7) is 0. The fourth-order valence-electron chi connectivity index (χ4n) is 2.29. The van der Waals surface area contributed by atoms with E-state index in [1.165, 1.54) is 18.2 Å². The van der Waals surface area contributed by atoms with Gasteiger partial charge < -0.3 is 5.32 Å². The van der Waals surface area contributed by atoms with E-state index in [0.29, 0.717) is 5.69 Å². The molecule has 0 saturated heterocycles. The first-order chi connectivity index (χ1) is 11.3. The van der Waals surface area contributed by atoms with Crippen molar-refractivity contribution >= 4 is 11.6 Å². The number of aromatic nitrogens is 2. The van der Waals surface area contributed by atoms with Gasteiger partial charge >= 0.3 is 18.3 Å². The summed E-state index contributed by atoms with van der Waals surface area (Å²) >= 11 is 0. The summed E-state index contributed by atoms with van der Waals surface area (Å²) in [7, 11) is 0. The van der Waals surface area contributed by atoms with Crippen molar-refractivity contribution in [2.45, 2.75) is 31.1 Å². The maximum absolute atomic E-state index is 13.4. The first-order valence-electron chi connectivity index (χ1n) is 7.12. The van der Waals surface area contributed by atoms with Gasteiger partial charge in [-0.3, -0.25) is 9.89 Å². The number of aromatic amines is 1. The summed E-state index contributed by atoms with van der Waals surface area (Å²) in [4.78, 5) is 11.6. The summed E-state index contributed by atoms with van der Waals surface area (Å²) in [5.41, 5.74) is 0.504. The number of nitrogens with zero attached hydrogens (tertiary/aromatic N) is 1. The smallest absolute Gasteiger partial charge is 0.317 e. The van der Waals surface area contributed by atoms with E-state index in [0.717, 1.165) is 18.9 Å². The molecule has 24 heavy (non-hydrogen) atoms. The highest BCUT2D eigenvalue weighted by atomic mass is 19.3. The molecule has 1 saturated carbocycles. The van der Waals surface area contributed by atoms with Gasteiger partial charge in [-0.05, 0) is 25.0 Å². The molecule has 0 unspecified atom stereocenters. The Morgan fingerprint density at radius 2 is 2.04 bits per heavy atom. The molecule has 1 fully saturated rings. The normalized spacial score (nSPS) is 14.9. The Bertz CT molecular complexity index is 770. The molecule has 1 aromatic carbocycles. The molecule has 2 aromatic rings. The lowest BCUT2D eigenvalue weighted by atomic mass is 10.1. The molecule has 1 aliphatic rings. The average Bonchev–Trinajstić information content (AvgIpc) is 3.28. The minimum Gasteiger partial charge on any atom is -0.317 e. The third-order valence-corrected chi connectivity index (χ3v) is 3.69. The van der Waals surface area contributed by atoms with Gasteiger partial charge in [-0.1, -0.05) is 12.1 Å². The van der Waals surface area contributed by atoms with Crippen molar-refractivity contribution in [1.29, 1.82) is 0 Å². The number of anilines is 1. The zero-order chi connectivity index (χ0) is 17.5. The number of alkyl halides is 4. The average molecular weight is 345 g/mol. The van der Waals surface area contributed by atoms with Gasteiger partial charge in [0.1, 0.15) is 11.5 Å². The highest BCUT2D eigenvalue weighted by Crippen LogP contribution is 2.45. The van der Waals surface area contributed by atoms with Crippen molar-refractivity contribution in [2.75, 3.05) is 5.32 Å². The number of carbonyl (C=O) groups is 1. The van der Waals surface area contributed by atoms with Crippen LogP contribution >= 0.6 is 0 Å². The summed E-state index contributed by atoms with van der Waals surface area (Å²) in [6, 6.07) is 5.14. The predicted octanol–water partition coefficient (Wildman–Crippen LogP) is 3.93. The molecule has 1 amide bonds. The van der Waals surface area contributed by atoms with Crippen LogP contribution in [0.1, 0.15) is 24.5 Å². The molecule has 0 spiro atoms. The standard InChI is InChI=1S/C15H12F5N3O/c16-9-3-1-2-8(6-9)11-12(10(22-23-11)7-4-5-7)21-14(24)15(19,20)13(17)18/h1-3,6-7,13H,4-5H2,(H,21,24)(H,22,23). The van der Waals surface area contributed by atoms with Crippen LogP contribution < -0.4 is 5.32 Å². The molecular formula is C15H12F5N3O. The number of H-pyrrole nitrogens is 1. The van der Waals surface area contributed by atoms with E-state index in [2.05, 4.69) is 10.2 Å². The van der Waals surface area contributed by atoms with Crippen LogP contribution in [0.15, 0.2) is 24.3 Å². The molecule has 1 aromatic heterocycles. The van der Waals surface area contributed by atoms with E-state index in [9.17, 15) is 26.7 Å². The van der Waals surface area contributed by atoms with E-state index in [1.807, 2.05) is 5.32 Å². The number of rotatable bonds is 5. The van der Waals surface area contributed by atoms with Gasteiger partial charge in [0.05, 0.1) is 11.4 Å². The Balaban J connectivity index is 1.99. The molecule has 2 N–H and O–H groups in total. The highest BCUT2D eigenvalue weighted by molar-refractivity contribution is 6.00. The highest BCUT2D eigenvalue weighted by Gasteiger charge is 2.49. The van der Waals surface area contributed by atoms with Crippen molar-refractivity contribution in [3.63, 3.8) is 0 Å². The van der Waals surface area contributed by atoms with Crippen molar-refractivity contribution in [3.05, 3.63) is 35.8 Å². The fourth-order valence-corrected chi connectivity index (χ4v) is 2.29. The molecule has 1 heterocycles. The second-order valence-electron chi connectivity index (χ2n) is 5.52. The molecule has 1 aliphatic carbocycles. The molecule has 3 rings (SSSR count). The molecule has 4 nitrogen and oxygen atoms in total. The van der Waals surface area contributed by atoms with E-state index < -0.39 is 24.1 Å². The van der Waals surface area contributed by atoms with Gasteiger partial charge in [0.25, 0.3) is 0 Å². The van der Waals surface area contributed by atoms with Crippen LogP contribution in [0.4, 0.5) is 27.6 Å². The zero-order valence-corrected chi connectivity index (χ0v) is 12.1. The lowest BCUT2D eigenvalue weighted by Gasteiger charge is -2.15. The van der Waals surface area contributed by atoms with Gasteiger partial charge in [0, 0.05) is 11.5 Å². The molecular weight excluding hydrogens is 333 g/mol. The van der Waals surface area contributed by atoms with Crippen molar-refractivity contribution in [3.8, 4) is 11.3 Å². The number of hydrogen-bond donors (Lipinski definition) is 2. The summed E-state index contributed by atoms with van der Waals surface area (Å²) in [5, 5.41) is 8.39. The van der Waals surface area contributed by atoms with Crippen LogP contribution in [-0.4, -0.2) is 28.5 Å². The number of nitrogens with one attached hydrogen (secondary N) is 2. The SMILES string of the molecule is O=C(Nc1c(-c2cccc(F)c2)n[nH]c1C1CC1)C(F)(F)C(F)F. The fraction of sp³-hybridized carbons (Fsp3) is 0.333. The predicted molar refractivity (Wildman–Crippen MR) is 75.5 cm³/mol. The monoisotopic (exact) mass is 345 g/mol. The van der Waals surface area contributed by atoms with Gasteiger partial charge in [-0.15, -0.1) is 0 Å². The molecule has 0 radical (unpaired) electrons. The summed E-state index contributed by atoms with van der Waals surface area (Å²) in [6.07, 6.45) is -2.64. The first kappa shape index (κ1) is 16.4. The Kier molecular flexibility index (Phi) is 4.02. The summed E-state index contributed by atoms with van der Waals surface area (Å²) in [5.74, 6) is -7.58. The van der Waals surface area contributed by atoms with Crippen LogP contribution in [0.5, 0.6) is 0 Å². The minimum absolute atomic E-state index is 0.0230. The van der Waals surface area contributed by atoms with Crippen molar-refractivity contribution < 1.29 is 26.7 Å². The van der Waals surface area contributed by atoms with Gasteiger partial charge in [-0.2, -0.15) is 13.9 Å². The second kappa shape index (κ2) is 5.88. The van der Waals surface area contributed by atoms with E-state index in [4.69, 9.17) is 0 Å². The van der Waals surface area contributed by atoms with E-state index in [1.54, 1.807) is 0 Å².